The van der Waals surface area contributed by atoms with Crippen LogP contribution in [0.5, 0.6) is 0 Å². The van der Waals surface area contributed by atoms with Crippen molar-refractivity contribution >= 4 is 22.8 Å². The van der Waals surface area contributed by atoms with E-state index >= 15 is 0 Å². The van der Waals surface area contributed by atoms with E-state index in [4.69, 9.17) is 4.74 Å². The van der Waals surface area contributed by atoms with Gasteiger partial charge in [-0.15, -0.1) is 0 Å². The smallest absolute Gasteiger partial charge is 0.306 e. The maximum Gasteiger partial charge on any atom is 0.306 e. The van der Waals surface area contributed by atoms with Gasteiger partial charge in [0, 0.05) is 11.8 Å². The van der Waals surface area contributed by atoms with Crippen LogP contribution in [0.3, 0.4) is 0 Å². The molecular weight excluding hydrogens is 354 g/mol. The quantitative estimate of drug-likeness (QED) is 0.524. The zero-order chi connectivity index (χ0) is 19.9. The Balaban J connectivity index is 1.81. The second-order valence-electron chi connectivity index (χ2n) is 7.44. The molecule has 1 aromatic heterocycles. The van der Waals surface area contributed by atoms with Crippen molar-refractivity contribution in [3.8, 4) is 0 Å². The van der Waals surface area contributed by atoms with Gasteiger partial charge in [0.15, 0.2) is 0 Å². The van der Waals surface area contributed by atoms with Crippen molar-refractivity contribution in [2.45, 2.75) is 70.2 Å². The number of rotatable bonds is 8. The number of aliphatic hydroxyl groups excluding tert-OH is 2. The lowest BCUT2D eigenvalue weighted by Crippen LogP contribution is -2.33. The highest BCUT2D eigenvalue weighted by Crippen LogP contribution is 2.27. The molecule has 3 rings (SSSR count). The van der Waals surface area contributed by atoms with Crippen LogP contribution in [0, 0.1) is 0 Å². The number of ether oxygens (including phenoxy) is 1. The van der Waals surface area contributed by atoms with Gasteiger partial charge in [0.05, 0.1) is 17.5 Å². The molecule has 0 amide bonds. The van der Waals surface area contributed by atoms with Gasteiger partial charge >= 0.3 is 5.97 Å². The zero-order valence-corrected chi connectivity index (χ0v) is 16.4. The van der Waals surface area contributed by atoms with Crippen molar-refractivity contribution in [3.63, 3.8) is 0 Å². The van der Waals surface area contributed by atoms with Crippen molar-refractivity contribution in [1.29, 1.82) is 0 Å². The van der Waals surface area contributed by atoms with Crippen molar-refractivity contribution < 1.29 is 19.7 Å². The lowest BCUT2D eigenvalue weighted by Gasteiger charge is -2.24. The maximum absolute atomic E-state index is 11.4. The number of cyclic esters (lactones) is 1. The fourth-order valence-corrected chi connectivity index (χ4v) is 3.61. The van der Waals surface area contributed by atoms with Gasteiger partial charge in [0.25, 0.3) is 0 Å². The van der Waals surface area contributed by atoms with Crippen LogP contribution in [0.2, 0.25) is 0 Å². The van der Waals surface area contributed by atoms with Crippen LogP contribution in [-0.2, 0) is 9.53 Å². The summed E-state index contributed by atoms with van der Waals surface area (Å²) in [5.74, 6) is -0.259. The van der Waals surface area contributed by atoms with Crippen LogP contribution in [0.1, 0.15) is 69.4 Å². The minimum absolute atomic E-state index is 0.259. The van der Waals surface area contributed by atoms with Crippen LogP contribution >= 0.6 is 0 Å². The summed E-state index contributed by atoms with van der Waals surface area (Å²) in [5, 5.41) is 23.0. The molecule has 5 heteroatoms. The first-order chi connectivity index (χ1) is 13.6. The summed E-state index contributed by atoms with van der Waals surface area (Å²) >= 11 is 0. The standard InChI is InChI=1S/C23H29NO4/c1-2-3-4-10-20(26)23-18-9-6-5-8-16(18)15-17(24-23)13-14-19(25)21-11-7-12-22(27)28-21/h5-6,8-9,13-15,19-21,25-26H,2-4,7,10-12H2,1H3/b14-13+/t19-,20+,21+/m1/s1. The molecule has 2 aromatic rings. The molecule has 2 N–H and O–H groups in total. The molecule has 0 saturated carbocycles. The lowest BCUT2D eigenvalue weighted by atomic mass is 10.0. The van der Waals surface area contributed by atoms with E-state index in [0.29, 0.717) is 30.7 Å². The van der Waals surface area contributed by atoms with E-state index < -0.39 is 18.3 Å². The predicted molar refractivity (Wildman–Crippen MR) is 110 cm³/mol. The maximum atomic E-state index is 11.4. The number of unbranched alkanes of at least 4 members (excludes halogenated alkanes) is 2. The predicted octanol–water partition coefficient (Wildman–Crippen LogP) is 4.32. The highest BCUT2D eigenvalue weighted by molar-refractivity contribution is 5.86. The summed E-state index contributed by atoms with van der Waals surface area (Å²) in [7, 11) is 0. The molecule has 1 saturated heterocycles. The van der Waals surface area contributed by atoms with Crippen LogP contribution in [0.15, 0.2) is 36.4 Å². The summed E-state index contributed by atoms with van der Waals surface area (Å²) in [6, 6.07) is 9.82. The second kappa shape index (κ2) is 9.80. The number of hydrogen-bond acceptors (Lipinski definition) is 5. The Hall–Kier alpha value is -2.24. The van der Waals surface area contributed by atoms with E-state index in [9.17, 15) is 15.0 Å². The number of benzene rings is 1. The van der Waals surface area contributed by atoms with Crippen molar-refractivity contribution in [3.05, 3.63) is 47.8 Å². The Morgan fingerprint density at radius 3 is 2.89 bits per heavy atom. The van der Waals surface area contributed by atoms with Crippen LogP contribution < -0.4 is 0 Å². The largest absolute Gasteiger partial charge is 0.459 e. The molecule has 0 spiro atoms. The zero-order valence-electron chi connectivity index (χ0n) is 16.4. The first kappa shape index (κ1) is 20.5. The normalized spacial score (nSPS) is 19.7. The van der Waals surface area contributed by atoms with Crippen LogP contribution in [-0.4, -0.2) is 33.4 Å². The van der Waals surface area contributed by atoms with Crippen molar-refractivity contribution in [2.24, 2.45) is 0 Å². The molecule has 150 valence electrons. The molecule has 0 radical (unpaired) electrons. The third-order valence-electron chi connectivity index (χ3n) is 5.18. The number of carbonyl (C=O) groups is 1. The van der Waals surface area contributed by atoms with Gasteiger partial charge in [0.2, 0.25) is 0 Å². The number of aromatic nitrogens is 1. The third-order valence-corrected chi connectivity index (χ3v) is 5.18. The average molecular weight is 383 g/mol. The number of nitrogens with zero attached hydrogens (tertiary/aromatic N) is 1. The number of carbonyl (C=O) groups excluding carboxylic acids is 1. The third kappa shape index (κ3) is 5.18. The van der Waals surface area contributed by atoms with Gasteiger partial charge in [-0.05, 0) is 36.8 Å². The molecule has 0 aliphatic carbocycles. The van der Waals surface area contributed by atoms with Crippen molar-refractivity contribution in [1.82, 2.24) is 4.98 Å². The number of fused-ring (bicyclic) bond motifs is 1. The van der Waals surface area contributed by atoms with Gasteiger partial charge in [-0.3, -0.25) is 9.78 Å². The summed E-state index contributed by atoms with van der Waals surface area (Å²) in [6.07, 6.45) is 7.00. The topological polar surface area (TPSA) is 79.7 Å². The summed E-state index contributed by atoms with van der Waals surface area (Å²) in [5.41, 5.74) is 1.34. The molecule has 1 fully saturated rings. The fourth-order valence-electron chi connectivity index (χ4n) is 3.61. The summed E-state index contributed by atoms with van der Waals surface area (Å²) in [6.45, 7) is 2.14. The molecule has 5 nitrogen and oxygen atoms in total. The number of pyridine rings is 1. The van der Waals surface area contributed by atoms with E-state index in [1.165, 1.54) is 0 Å². The van der Waals surface area contributed by atoms with Crippen LogP contribution in [0.4, 0.5) is 0 Å². The molecule has 0 unspecified atom stereocenters. The monoisotopic (exact) mass is 383 g/mol. The molecule has 3 atom stereocenters. The van der Waals surface area contributed by atoms with Crippen molar-refractivity contribution in [2.75, 3.05) is 0 Å². The first-order valence-corrected chi connectivity index (χ1v) is 10.2. The highest BCUT2D eigenvalue weighted by atomic mass is 16.6. The number of esters is 1. The Kier molecular flexibility index (Phi) is 7.18. The Bertz CT molecular complexity index is 832. The van der Waals surface area contributed by atoms with Gasteiger partial charge in [-0.1, -0.05) is 56.5 Å². The van der Waals surface area contributed by atoms with Gasteiger partial charge in [-0.25, -0.2) is 0 Å². The molecule has 1 aliphatic heterocycles. The van der Waals surface area contributed by atoms with Gasteiger partial charge in [-0.2, -0.15) is 0 Å². The van der Waals surface area contributed by atoms with E-state index in [0.717, 1.165) is 36.5 Å². The molecule has 1 aliphatic rings. The number of aliphatic hydroxyl groups is 2. The van der Waals surface area contributed by atoms with Gasteiger partial charge < -0.3 is 14.9 Å². The van der Waals surface area contributed by atoms with Crippen LogP contribution in [0.25, 0.3) is 16.8 Å². The molecule has 0 bridgehead atoms. The second-order valence-corrected chi connectivity index (χ2v) is 7.44. The Labute approximate surface area is 166 Å². The van der Waals surface area contributed by atoms with Gasteiger partial charge in [0.1, 0.15) is 12.2 Å². The lowest BCUT2D eigenvalue weighted by molar-refractivity contribution is -0.158. The summed E-state index contributed by atoms with van der Waals surface area (Å²) in [4.78, 5) is 16.1. The van der Waals surface area contributed by atoms with E-state index in [1.54, 1.807) is 12.2 Å². The minimum atomic E-state index is -0.865. The van der Waals surface area contributed by atoms with E-state index in [1.807, 2.05) is 30.3 Å². The minimum Gasteiger partial charge on any atom is -0.459 e. The first-order valence-electron chi connectivity index (χ1n) is 10.2. The molecule has 1 aromatic carbocycles. The molecule has 28 heavy (non-hydrogen) atoms. The molecular formula is C23H29NO4. The SMILES string of the molecule is CCCCC[C@H](O)c1nc(/C=C/[C@@H](O)[C@@H]2CCCC(=O)O2)cc2ccccc12. The number of hydrogen-bond donors (Lipinski definition) is 2. The fraction of sp³-hybridized carbons (Fsp3) is 0.478. The average Bonchev–Trinajstić information content (AvgIpc) is 2.71. The summed E-state index contributed by atoms with van der Waals surface area (Å²) < 4.78 is 5.22. The highest BCUT2D eigenvalue weighted by Gasteiger charge is 2.25. The van der Waals surface area contributed by atoms with E-state index in [2.05, 4.69) is 11.9 Å². The Morgan fingerprint density at radius 2 is 2.11 bits per heavy atom. The molecule has 2 heterocycles. The Morgan fingerprint density at radius 1 is 1.29 bits per heavy atom. The van der Waals surface area contributed by atoms with E-state index in [-0.39, 0.29) is 5.97 Å².